The van der Waals surface area contributed by atoms with Gasteiger partial charge < -0.3 is 4.42 Å². The van der Waals surface area contributed by atoms with Crippen molar-refractivity contribution in [2.24, 2.45) is 0 Å². The maximum atomic E-state index is 12.5. The van der Waals surface area contributed by atoms with Crippen LogP contribution in [0.2, 0.25) is 0 Å². The maximum Gasteiger partial charge on any atom is 0.273 e. The molecule has 0 bridgehead atoms. The fourth-order valence-corrected chi connectivity index (χ4v) is 4.25. The lowest BCUT2D eigenvalue weighted by Gasteiger charge is -2.10. The highest BCUT2D eigenvalue weighted by Gasteiger charge is 2.16. The lowest BCUT2D eigenvalue weighted by molar-refractivity contribution is 0.0844. The first-order chi connectivity index (χ1) is 12.5. The van der Waals surface area contributed by atoms with E-state index in [9.17, 15) is 9.59 Å². The highest BCUT2D eigenvalue weighted by Crippen LogP contribution is 2.27. The molecule has 1 aromatic carbocycles. The van der Waals surface area contributed by atoms with Crippen LogP contribution < -0.4 is 10.9 Å². The van der Waals surface area contributed by atoms with Gasteiger partial charge in [-0.2, -0.15) is 0 Å². The number of hydrogen-bond donors (Lipinski definition) is 2. The highest BCUT2D eigenvalue weighted by molar-refractivity contribution is 7.98. The third kappa shape index (κ3) is 4.36. The van der Waals surface area contributed by atoms with E-state index in [0.717, 1.165) is 10.6 Å². The lowest BCUT2D eigenvalue weighted by Crippen LogP contribution is -2.41. The Kier molecular flexibility index (Phi) is 5.80. The molecule has 0 saturated heterocycles. The van der Waals surface area contributed by atoms with Gasteiger partial charge in [0, 0.05) is 15.5 Å². The standard InChI is InChI=1S/C19H18N2O3S2/c1-12-10-16(13(2)24-12)19(23)21-20-18(22)15-7-3-4-8-17(15)26-11-14-6-5-9-25-14/h3-10H,11H2,1-2H3,(H,20,22)(H,21,23). The van der Waals surface area contributed by atoms with E-state index in [1.54, 1.807) is 55.1 Å². The molecule has 0 radical (unpaired) electrons. The number of thioether (sulfide) groups is 1. The summed E-state index contributed by atoms with van der Waals surface area (Å²) in [4.78, 5) is 26.8. The molecule has 0 spiro atoms. The van der Waals surface area contributed by atoms with Crippen LogP contribution in [0, 0.1) is 13.8 Å². The maximum absolute atomic E-state index is 12.5. The monoisotopic (exact) mass is 386 g/mol. The van der Waals surface area contributed by atoms with E-state index in [1.807, 2.05) is 23.6 Å². The van der Waals surface area contributed by atoms with Gasteiger partial charge in [-0.15, -0.1) is 23.1 Å². The van der Waals surface area contributed by atoms with E-state index in [0.29, 0.717) is 22.6 Å². The molecular formula is C19H18N2O3S2. The number of aryl methyl sites for hydroxylation is 2. The molecule has 26 heavy (non-hydrogen) atoms. The minimum absolute atomic E-state index is 0.356. The predicted molar refractivity (Wildman–Crippen MR) is 103 cm³/mol. The number of carbonyl (C=O) groups is 2. The Labute approximate surface area is 159 Å². The van der Waals surface area contributed by atoms with Crippen LogP contribution in [0.4, 0.5) is 0 Å². The Balaban J connectivity index is 1.64. The molecule has 2 amide bonds. The number of rotatable bonds is 5. The summed E-state index contributed by atoms with van der Waals surface area (Å²) in [5.74, 6) is 1.19. The Bertz CT molecular complexity index is 917. The van der Waals surface area contributed by atoms with Crippen molar-refractivity contribution in [1.82, 2.24) is 10.9 Å². The zero-order valence-corrected chi connectivity index (χ0v) is 16.0. The van der Waals surface area contributed by atoms with Gasteiger partial charge in [0.1, 0.15) is 11.5 Å². The molecule has 7 heteroatoms. The zero-order valence-electron chi connectivity index (χ0n) is 14.4. The van der Waals surface area contributed by atoms with E-state index in [1.165, 1.54) is 4.88 Å². The van der Waals surface area contributed by atoms with Crippen molar-refractivity contribution in [2.45, 2.75) is 24.5 Å². The third-order valence-corrected chi connectivity index (χ3v) is 5.84. The average Bonchev–Trinajstić information content (AvgIpc) is 3.27. The van der Waals surface area contributed by atoms with Crippen LogP contribution in [0.15, 0.2) is 57.2 Å². The second kappa shape index (κ2) is 8.25. The first kappa shape index (κ1) is 18.3. The molecule has 0 aliphatic heterocycles. The summed E-state index contributed by atoms with van der Waals surface area (Å²) in [6.07, 6.45) is 0. The molecule has 0 saturated carbocycles. The van der Waals surface area contributed by atoms with Gasteiger partial charge in [-0.05, 0) is 43.5 Å². The number of nitrogens with one attached hydrogen (secondary N) is 2. The SMILES string of the molecule is Cc1cc(C(=O)NNC(=O)c2ccccc2SCc2cccs2)c(C)o1. The van der Waals surface area contributed by atoms with Crippen LogP contribution in [0.25, 0.3) is 0 Å². The van der Waals surface area contributed by atoms with E-state index in [2.05, 4.69) is 16.9 Å². The topological polar surface area (TPSA) is 71.3 Å². The van der Waals surface area contributed by atoms with E-state index < -0.39 is 5.91 Å². The first-order valence-electron chi connectivity index (χ1n) is 7.96. The molecule has 2 N–H and O–H groups in total. The van der Waals surface area contributed by atoms with Gasteiger partial charge in [-0.3, -0.25) is 20.4 Å². The average molecular weight is 386 g/mol. The van der Waals surface area contributed by atoms with Gasteiger partial charge in [0.2, 0.25) is 0 Å². The number of benzene rings is 1. The van der Waals surface area contributed by atoms with Crippen molar-refractivity contribution in [3.63, 3.8) is 0 Å². The van der Waals surface area contributed by atoms with Crippen molar-refractivity contribution >= 4 is 34.9 Å². The van der Waals surface area contributed by atoms with Crippen molar-refractivity contribution in [1.29, 1.82) is 0 Å². The van der Waals surface area contributed by atoms with Gasteiger partial charge in [-0.1, -0.05) is 18.2 Å². The minimum atomic E-state index is -0.406. The van der Waals surface area contributed by atoms with E-state index >= 15 is 0 Å². The summed E-state index contributed by atoms with van der Waals surface area (Å²) in [6, 6.07) is 13.1. The lowest BCUT2D eigenvalue weighted by atomic mass is 10.2. The molecule has 134 valence electrons. The van der Waals surface area contributed by atoms with Gasteiger partial charge in [0.05, 0.1) is 11.1 Å². The molecule has 3 aromatic rings. The quantitative estimate of drug-likeness (QED) is 0.506. The number of amides is 2. The molecule has 2 aromatic heterocycles. The first-order valence-corrected chi connectivity index (χ1v) is 9.83. The Morgan fingerprint density at radius 1 is 1.04 bits per heavy atom. The molecular weight excluding hydrogens is 368 g/mol. The second-order valence-corrected chi connectivity index (χ2v) is 7.65. The number of hydrazine groups is 1. The molecule has 0 aliphatic rings. The van der Waals surface area contributed by atoms with Crippen molar-refractivity contribution in [2.75, 3.05) is 0 Å². The molecule has 0 unspecified atom stereocenters. The van der Waals surface area contributed by atoms with Gasteiger partial charge in [0.25, 0.3) is 11.8 Å². The summed E-state index contributed by atoms with van der Waals surface area (Å²) >= 11 is 3.28. The Hall–Kier alpha value is -2.51. The van der Waals surface area contributed by atoms with Crippen LogP contribution >= 0.6 is 23.1 Å². The molecule has 0 aliphatic carbocycles. The number of thiophene rings is 1. The Morgan fingerprint density at radius 3 is 2.42 bits per heavy atom. The van der Waals surface area contributed by atoms with Crippen LogP contribution in [0.1, 0.15) is 37.1 Å². The second-order valence-electron chi connectivity index (χ2n) is 5.60. The molecule has 0 atom stereocenters. The van der Waals surface area contributed by atoms with Crippen LogP contribution in [-0.2, 0) is 5.75 Å². The van der Waals surface area contributed by atoms with Crippen molar-refractivity contribution in [3.8, 4) is 0 Å². The zero-order chi connectivity index (χ0) is 18.5. The molecule has 3 rings (SSSR count). The number of furan rings is 1. The Morgan fingerprint density at radius 2 is 1.77 bits per heavy atom. The number of hydrogen-bond acceptors (Lipinski definition) is 5. The van der Waals surface area contributed by atoms with Gasteiger partial charge in [0.15, 0.2) is 0 Å². The molecule has 2 heterocycles. The fourth-order valence-electron chi connectivity index (χ4n) is 2.43. The van der Waals surface area contributed by atoms with Crippen molar-refractivity contribution < 1.29 is 14.0 Å². The fraction of sp³-hybridized carbons (Fsp3) is 0.158. The predicted octanol–water partition coefficient (Wildman–Crippen LogP) is 4.33. The summed E-state index contributed by atoms with van der Waals surface area (Å²) < 4.78 is 5.34. The van der Waals surface area contributed by atoms with E-state index in [-0.39, 0.29) is 5.91 Å². The highest BCUT2D eigenvalue weighted by atomic mass is 32.2. The number of carbonyl (C=O) groups excluding carboxylic acids is 2. The van der Waals surface area contributed by atoms with Crippen molar-refractivity contribution in [3.05, 3.63) is 75.4 Å². The van der Waals surface area contributed by atoms with Gasteiger partial charge in [-0.25, -0.2) is 0 Å². The van der Waals surface area contributed by atoms with Crippen LogP contribution in [-0.4, -0.2) is 11.8 Å². The summed E-state index contributed by atoms with van der Waals surface area (Å²) in [6.45, 7) is 3.48. The van der Waals surface area contributed by atoms with Crippen LogP contribution in [0.5, 0.6) is 0 Å². The van der Waals surface area contributed by atoms with Crippen LogP contribution in [0.3, 0.4) is 0 Å². The largest absolute Gasteiger partial charge is 0.466 e. The summed E-state index contributed by atoms with van der Waals surface area (Å²) in [5.41, 5.74) is 5.85. The van der Waals surface area contributed by atoms with E-state index in [4.69, 9.17) is 4.42 Å². The molecule has 5 nitrogen and oxygen atoms in total. The normalized spacial score (nSPS) is 10.5. The van der Waals surface area contributed by atoms with Gasteiger partial charge >= 0.3 is 0 Å². The third-order valence-electron chi connectivity index (χ3n) is 3.66. The minimum Gasteiger partial charge on any atom is -0.466 e. The smallest absolute Gasteiger partial charge is 0.273 e. The summed E-state index contributed by atoms with van der Waals surface area (Å²) in [5, 5.41) is 2.03. The molecule has 0 fully saturated rings. The summed E-state index contributed by atoms with van der Waals surface area (Å²) in [7, 11) is 0.